The first-order valence-electron chi connectivity index (χ1n) is 8.42. The van der Waals surface area contributed by atoms with Gasteiger partial charge in [-0.05, 0) is 23.6 Å². The first kappa shape index (κ1) is 16.3. The SMILES string of the molecule is C=CCN(CC=C)CCc1c(-c2ccccc2)[nH]c2ccccc12. The van der Waals surface area contributed by atoms with Crippen molar-refractivity contribution in [1.29, 1.82) is 0 Å². The number of hydrogen-bond acceptors (Lipinski definition) is 1. The fourth-order valence-electron chi connectivity index (χ4n) is 3.20. The van der Waals surface area contributed by atoms with E-state index in [2.05, 4.69) is 77.6 Å². The topological polar surface area (TPSA) is 19.0 Å². The lowest BCUT2D eigenvalue weighted by Gasteiger charge is -2.18. The van der Waals surface area contributed by atoms with Gasteiger partial charge in [0.2, 0.25) is 0 Å². The van der Waals surface area contributed by atoms with Gasteiger partial charge in [-0.2, -0.15) is 0 Å². The average molecular weight is 316 g/mol. The number of para-hydroxylation sites is 1. The van der Waals surface area contributed by atoms with Gasteiger partial charge in [0, 0.05) is 36.2 Å². The summed E-state index contributed by atoms with van der Waals surface area (Å²) < 4.78 is 0. The highest BCUT2D eigenvalue weighted by molar-refractivity contribution is 5.90. The van der Waals surface area contributed by atoms with E-state index in [9.17, 15) is 0 Å². The van der Waals surface area contributed by atoms with Crippen LogP contribution in [-0.4, -0.2) is 29.5 Å². The summed E-state index contributed by atoms with van der Waals surface area (Å²) in [7, 11) is 0. The van der Waals surface area contributed by atoms with Crippen LogP contribution in [0.3, 0.4) is 0 Å². The highest BCUT2D eigenvalue weighted by Gasteiger charge is 2.13. The molecule has 3 rings (SSSR count). The van der Waals surface area contributed by atoms with E-state index in [1.165, 1.54) is 27.7 Å². The molecular formula is C22H24N2. The summed E-state index contributed by atoms with van der Waals surface area (Å²) in [6.45, 7) is 10.5. The number of nitrogens with zero attached hydrogens (tertiary/aromatic N) is 1. The van der Waals surface area contributed by atoms with Crippen LogP contribution >= 0.6 is 0 Å². The van der Waals surface area contributed by atoms with Crippen molar-refractivity contribution in [3.63, 3.8) is 0 Å². The van der Waals surface area contributed by atoms with Gasteiger partial charge in [-0.1, -0.05) is 60.7 Å². The second-order valence-electron chi connectivity index (χ2n) is 5.98. The smallest absolute Gasteiger partial charge is 0.0497 e. The zero-order valence-electron chi connectivity index (χ0n) is 14.0. The van der Waals surface area contributed by atoms with E-state index in [1.54, 1.807) is 0 Å². The van der Waals surface area contributed by atoms with Crippen molar-refractivity contribution >= 4 is 10.9 Å². The minimum absolute atomic E-state index is 0.884. The Morgan fingerprint density at radius 3 is 2.25 bits per heavy atom. The summed E-state index contributed by atoms with van der Waals surface area (Å²) in [5.41, 5.74) is 5.05. The molecule has 0 atom stereocenters. The largest absolute Gasteiger partial charge is 0.354 e. The van der Waals surface area contributed by atoms with Gasteiger partial charge >= 0.3 is 0 Å². The molecule has 1 N–H and O–H groups in total. The van der Waals surface area contributed by atoms with Crippen LogP contribution in [0.15, 0.2) is 79.9 Å². The number of nitrogens with one attached hydrogen (secondary N) is 1. The molecule has 0 saturated carbocycles. The predicted molar refractivity (Wildman–Crippen MR) is 104 cm³/mol. The molecule has 2 aromatic carbocycles. The molecular weight excluding hydrogens is 292 g/mol. The summed E-state index contributed by atoms with van der Waals surface area (Å²) in [6, 6.07) is 19.1. The molecule has 0 unspecified atom stereocenters. The van der Waals surface area contributed by atoms with Gasteiger partial charge in [-0.25, -0.2) is 0 Å². The Morgan fingerprint density at radius 2 is 1.54 bits per heavy atom. The van der Waals surface area contributed by atoms with Crippen LogP contribution in [0.2, 0.25) is 0 Å². The van der Waals surface area contributed by atoms with E-state index in [4.69, 9.17) is 0 Å². The van der Waals surface area contributed by atoms with Gasteiger partial charge in [0.1, 0.15) is 0 Å². The molecule has 0 aliphatic heterocycles. The Kier molecular flexibility index (Phi) is 5.29. The lowest BCUT2D eigenvalue weighted by Crippen LogP contribution is -2.26. The van der Waals surface area contributed by atoms with Crippen LogP contribution in [0, 0.1) is 0 Å². The second-order valence-corrected chi connectivity index (χ2v) is 5.98. The standard InChI is InChI=1S/C22H24N2/c1-3-15-24(16-4-2)17-14-20-19-12-8-9-13-21(19)23-22(20)18-10-6-5-7-11-18/h3-13,23H,1-2,14-17H2. The summed E-state index contributed by atoms with van der Waals surface area (Å²) in [6.07, 6.45) is 4.91. The van der Waals surface area contributed by atoms with Crippen molar-refractivity contribution in [2.45, 2.75) is 6.42 Å². The Balaban J connectivity index is 1.96. The molecule has 0 aliphatic rings. The molecule has 1 aromatic heterocycles. The van der Waals surface area contributed by atoms with E-state index in [-0.39, 0.29) is 0 Å². The maximum Gasteiger partial charge on any atom is 0.0497 e. The molecule has 3 aromatic rings. The molecule has 0 aliphatic carbocycles. The normalized spacial score (nSPS) is 11.0. The molecule has 0 bridgehead atoms. The predicted octanol–water partition coefficient (Wildman–Crippen LogP) is 5.05. The van der Waals surface area contributed by atoms with Crippen LogP contribution in [0.1, 0.15) is 5.56 Å². The number of rotatable bonds is 8. The van der Waals surface area contributed by atoms with Crippen molar-refractivity contribution in [3.8, 4) is 11.3 Å². The number of H-pyrrole nitrogens is 1. The molecule has 0 radical (unpaired) electrons. The third-order valence-corrected chi connectivity index (χ3v) is 4.33. The maximum atomic E-state index is 3.86. The van der Waals surface area contributed by atoms with Crippen LogP contribution in [0.5, 0.6) is 0 Å². The van der Waals surface area contributed by atoms with Gasteiger partial charge in [0.25, 0.3) is 0 Å². The van der Waals surface area contributed by atoms with Crippen LogP contribution < -0.4 is 0 Å². The molecule has 0 amide bonds. The summed E-state index contributed by atoms with van der Waals surface area (Å²) >= 11 is 0. The summed E-state index contributed by atoms with van der Waals surface area (Å²) in [5.74, 6) is 0. The maximum absolute atomic E-state index is 3.86. The molecule has 2 heteroatoms. The van der Waals surface area contributed by atoms with Gasteiger partial charge in [0.15, 0.2) is 0 Å². The van der Waals surface area contributed by atoms with Crippen LogP contribution in [0.4, 0.5) is 0 Å². The lowest BCUT2D eigenvalue weighted by atomic mass is 10.0. The van der Waals surface area contributed by atoms with E-state index >= 15 is 0 Å². The van der Waals surface area contributed by atoms with Crippen molar-refractivity contribution < 1.29 is 0 Å². The van der Waals surface area contributed by atoms with Gasteiger partial charge in [-0.15, -0.1) is 13.2 Å². The number of aromatic nitrogens is 1. The fraction of sp³-hybridized carbons (Fsp3) is 0.182. The Hall–Kier alpha value is -2.58. The zero-order valence-corrected chi connectivity index (χ0v) is 14.0. The van der Waals surface area contributed by atoms with Crippen LogP contribution in [-0.2, 0) is 6.42 Å². The van der Waals surface area contributed by atoms with Gasteiger partial charge in [-0.3, -0.25) is 4.90 Å². The third-order valence-electron chi connectivity index (χ3n) is 4.33. The van der Waals surface area contributed by atoms with Crippen LogP contribution in [0.25, 0.3) is 22.2 Å². The van der Waals surface area contributed by atoms with E-state index in [0.717, 1.165) is 26.1 Å². The average Bonchev–Trinajstić information content (AvgIpc) is 2.99. The number of hydrogen-bond donors (Lipinski definition) is 1. The Morgan fingerprint density at radius 1 is 0.875 bits per heavy atom. The monoisotopic (exact) mass is 316 g/mol. The third kappa shape index (κ3) is 3.50. The Bertz CT molecular complexity index is 804. The summed E-state index contributed by atoms with van der Waals surface area (Å²) in [5, 5.41) is 1.31. The molecule has 1 heterocycles. The van der Waals surface area contributed by atoms with Crippen molar-refractivity contribution in [2.24, 2.45) is 0 Å². The van der Waals surface area contributed by atoms with E-state index in [1.807, 2.05) is 12.2 Å². The van der Waals surface area contributed by atoms with Gasteiger partial charge < -0.3 is 4.98 Å². The molecule has 2 nitrogen and oxygen atoms in total. The fourth-order valence-corrected chi connectivity index (χ4v) is 3.20. The quantitative estimate of drug-likeness (QED) is 0.576. The zero-order chi connectivity index (χ0) is 16.8. The first-order valence-corrected chi connectivity index (χ1v) is 8.42. The molecule has 0 saturated heterocycles. The highest BCUT2D eigenvalue weighted by atomic mass is 15.1. The molecule has 122 valence electrons. The van der Waals surface area contributed by atoms with Crippen molar-refractivity contribution in [1.82, 2.24) is 9.88 Å². The number of fused-ring (bicyclic) bond motifs is 1. The van der Waals surface area contributed by atoms with Crippen molar-refractivity contribution in [2.75, 3.05) is 19.6 Å². The lowest BCUT2D eigenvalue weighted by molar-refractivity contribution is 0.340. The highest BCUT2D eigenvalue weighted by Crippen LogP contribution is 2.30. The number of benzene rings is 2. The van der Waals surface area contributed by atoms with Crippen molar-refractivity contribution in [3.05, 3.63) is 85.5 Å². The molecule has 0 fully saturated rings. The second kappa shape index (κ2) is 7.80. The van der Waals surface area contributed by atoms with E-state index < -0.39 is 0 Å². The Labute approximate surface area is 144 Å². The molecule has 0 spiro atoms. The minimum Gasteiger partial charge on any atom is -0.354 e. The minimum atomic E-state index is 0.884. The first-order chi connectivity index (χ1) is 11.8. The number of aromatic amines is 1. The summed E-state index contributed by atoms with van der Waals surface area (Å²) in [4.78, 5) is 5.97. The van der Waals surface area contributed by atoms with E-state index in [0.29, 0.717) is 0 Å². The van der Waals surface area contributed by atoms with Gasteiger partial charge in [0.05, 0.1) is 0 Å². The molecule has 24 heavy (non-hydrogen) atoms.